The van der Waals surface area contributed by atoms with Crippen molar-refractivity contribution in [3.05, 3.63) is 29.6 Å². The van der Waals surface area contributed by atoms with Gasteiger partial charge in [-0.2, -0.15) is 0 Å². The molecule has 0 aromatic heterocycles. The molecule has 2 rings (SSSR count). The second-order valence-electron chi connectivity index (χ2n) is 5.01. The Kier molecular flexibility index (Phi) is 3.83. The van der Waals surface area contributed by atoms with Gasteiger partial charge >= 0.3 is 0 Å². The van der Waals surface area contributed by atoms with Crippen molar-refractivity contribution in [1.29, 1.82) is 0 Å². The van der Waals surface area contributed by atoms with Crippen LogP contribution in [-0.2, 0) is 9.59 Å². The lowest BCUT2D eigenvalue weighted by Crippen LogP contribution is -2.47. The zero-order valence-corrected chi connectivity index (χ0v) is 11.0. The summed E-state index contributed by atoms with van der Waals surface area (Å²) in [6.07, 6.45) is 0.658. The van der Waals surface area contributed by atoms with Gasteiger partial charge in [-0.05, 0) is 24.0 Å². The lowest BCUT2D eigenvalue weighted by Gasteiger charge is -2.23. The van der Waals surface area contributed by atoms with Gasteiger partial charge in [-0.25, -0.2) is 4.39 Å². The largest absolute Gasteiger partial charge is 0.371 e. The highest BCUT2D eigenvalue weighted by molar-refractivity contribution is 6.01. The van der Waals surface area contributed by atoms with E-state index in [0.29, 0.717) is 17.7 Å². The molecule has 1 aromatic carbocycles. The van der Waals surface area contributed by atoms with Crippen LogP contribution in [0.1, 0.15) is 38.2 Å². The summed E-state index contributed by atoms with van der Waals surface area (Å²) < 4.78 is 14.2. The molecule has 102 valence electrons. The van der Waals surface area contributed by atoms with Gasteiger partial charge in [0.2, 0.25) is 11.8 Å². The van der Waals surface area contributed by atoms with Crippen LogP contribution in [0.5, 0.6) is 0 Å². The number of piperidine rings is 1. The second-order valence-corrected chi connectivity index (χ2v) is 5.01. The van der Waals surface area contributed by atoms with Gasteiger partial charge in [0.1, 0.15) is 11.9 Å². The number of hydrogen-bond donors (Lipinski definition) is 2. The molecule has 1 fully saturated rings. The van der Waals surface area contributed by atoms with Gasteiger partial charge in [-0.1, -0.05) is 26.0 Å². The van der Waals surface area contributed by atoms with Crippen molar-refractivity contribution in [2.24, 2.45) is 0 Å². The third-order valence-electron chi connectivity index (χ3n) is 3.22. The summed E-state index contributed by atoms with van der Waals surface area (Å²) in [4.78, 5) is 22.7. The fourth-order valence-electron chi connectivity index (χ4n) is 2.13. The number of carbonyl (C=O) groups excluding carboxylic acids is 2. The van der Waals surface area contributed by atoms with E-state index < -0.39 is 11.9 Å². The smallest absolute Gasteiger partial charge is 0.249 e. The highest BCUT2D eigenvalue weighted by Crippen LogP contribution is 2.25. The number of carbonyl (C=O) groups is 2. The average Bonchev–Trinajstić information content (AvgIpc) is 2.34. The predicted molar refractivity (Wildman–Crippen MR) is 70.3 cm³/mol. The Morgan fingerprint density at radius 3 is 2.74 bits per heavy atom. The van der Waals surface area contributed by atoms with Crippen molar-refractivity contribution in [1.82, 2.24) is 5.32 Å². The van der Waals surface area contributed by atoms with Crippen LogP contribution in [0, 0.1) is 5.82 Å². The van der Waals surface area contributed by atoms with Crippen LogP contribution >= 0.6 is 0 Å². The quantitative estimate of drug-likeness (QED) is 0.823. The van der Waals surface area contributed by atoms with E-state index in [4.69, 9.17) is 0 Å². The van der Waals surface area contributed by atoms with Gasteiger partial charge in [0.15, 0.2) is 0 Å². The minimum atomic E-state index is -0.561. The first-order valence-electron chi connectivity index (χ1n) is 6.37. The molecule has 1 aliphatic heterocycles. The van der Waals surface area contributed by atoms with Crippen molar-refractivity contribution >= 4 is 17.5 Å². The van der Waals surface area contributed by atoms with Gasteiger partial charge in [-0.15, -0.1) is 0 Å². The molecule has 0 saturated carbocycles. The van der Waals surface area contributed by atoms with Crippen molar-refractivity contribution < 1.29 is 14.0 Å². The van der Waals surface area contributed by atoms with E-state index in [-0.39, 0.29) is 24.1 Å². The molecule has 1 unspecified atom stereocenters. The van der Waals surface area contributed by atoms with E-state index in [1.165, 1.54) is 0 Å². The molecule has 0 bridgehead atoms. The number of amides is 2. The van der Waals surface area contributed by atoms with Crippen LogP contribution in [0.25, 0.3) is 0 Å². The maximum absolute atomic E-state index is 14.2. The summed E-state index contributed by atoms with van der Waals surface area (Å²) in [5.74, 6) is -0.934. The van der Waals surface area contributed by atoms with Crippen molar-refractivity contribution in [3.63, 3.8) is 0 Å². The van der Waals surface area contributed by atoms with Gasteiger partial charge in [-0.3, -0.25) is 14.9 Å². The summed E-state index contributed by atoms with van der Waals surface area (Å²) in [5.41, 5.74) is 0.915. The Balaban J connectivity index is 2.17. The molecule has 0 radical (unpaired) electrons. The molecular formula is C14H17FN2O2. The summed E-state index contributed by atoms with van der Waals surface area (Å²) in [6.45, 7) is 3.82. The number of halogens is 1. The number of rotatable bonds is 3. The van der Waals surface area contributed by atoms with E-state index >= 15 is 0 Å². The third kappa shape index (κ3) is 2.92. The summed E-state index contributed by atoms with van der Waals surface area (Å²) in [6, 6.07) is 4.53. The standard InChI is InChI=1S/C14H17FN2O2/c1-8(2)9-4-3-5-10(13(9)15)16-11-6-7-12(18)17-14(11)19/h3-5,8,11,16H,6-7H2,1-2H3,(H,17,18,19). The van der Waals surface area contributed by atoms with Crippen LogP contribution in [-0.4, -0.2) is 17.9 Å². The number of benzene rings is 1. The Hall–Kier alpha value is -1.91. The van der Waals surface area contributed by atoms with Crippen LogP contribution in [0.3, 0.4) is 0 Å². The summed E-state index contributed by atoms with van der Waals surface area (Å²) in [7, 11) is 0. The van der Waals surface area contributed by atoms with Gasteiger partial charge in [0.05, 0.1) is 5.69 Å². The van der Waals surface area contributed by atoms with Gasteiger partial charge < -0.3 is 5.32 Å². The molecule has 1 heterocycles. The van der Waals surface area contributed by atoms with Crippen LogP contribution in [0.15, 0.2) is 18.2 Å². The topological polar surface area (TPSA) is 58.2 Å². The van der Waals surface area contributed by atoms with Crippen LogP contribution in [0.4, 0.5) is 10.1 Å². The maximum atomic E-state index is 14.2. The van der Waals surface area contributed by atoms with Crippen LogP contribution in [0.2, 0.25) is 0 Å². The minimum absolute atomic E-state index is 0.0727. The highest BCUT2D eigenvalue weighted by Gasteiger charge is 2.27. The van der Waals surface area contributed by atoms with Crippen molar-refractivity contribution in [2.45, 2.75) is 38.6 Å². The molecular weight excluding hydrogens is 247 g/mol. The molecule has 0 aliphatic carbocycles. The fourth-order valence-corrected chi connectivity index (χ4v) is 2.13. The second kappa shape index (κ2) is 5.38. The maximum Gasteiger partial charge on any atom is 0.249 e. The normalized spacial score (nSPS) is 19.5. The molecule has 19 heavy (non-hydrogen) atoms. The van der Waals surface area contributed by atoms with Gasteiger partial charge in [0, 0.05) is 6.42 Å². The molecule has 1 saturated heterocycles. The predicted octanol–water partition coefficient (Wildman–Crippen LogP) is 2.17. The summed E-state index contributed by atoms with van der Waals surface area (Å²) in [5, 5.41) is 5.12. The van der Waals surface area contributed by atoms with E-state index in [9.17, 15) is 14.0 Å². The molecule has 1 atom stereocenters. The Bertz CT molecular complexity index is 514. The SMILES string of the molecule is CC(C)c1cccc(NC2CCC(=O)NC2=O)c1F. The molecule has 1 aromatic rings. The lowest BCUT2D eigenvalue weighted by molar-refractivity contribution is -0.133. The molecule has 1 aliphatic rings. The first kappa shape index (κ1) is 13.5. The molecule has 0 spiro atoms. The van der Waals surface area contributed by atoms with E-state index in [0.717, 1.165) is 0 Å². The van der Waals surface area contributed by atoms with E-state index in [2.05, 4.69) is 10.6 Å². The Labute approximate surface area is 111 Å². The zero-order chi connectivity index (χ0) is 14.0. The summed E-state index contributed by atoms with van der Waals surface area (Å²) >= 11 is 0. The number of hydrogen-bond acceptors (Lipinski definition) is 3. The molecule has 2 N–H and O–H groups in total. The zero-order valence-electron chi connectivity index (χ0n) is 11.0. The van der Waals surface area contributed by atoms with E-state index in [1.54, 1.807) is 18.2 Å². The monoisotopic (exact) mass is 264 g/mol. The fraction of sp³-hybridized carbons (Fsp3) is 0.429. The number of nitrogens with one attached hydrogen (secondary N) is 2. The average molecular weight is 264 g/mol. The number of anilines is 1. The Morgan fingerprint density at radius 1 is 1.37 bits per heavy atom. The van der Waals surface area contributed by atoms with Gasteiger partial charge in [0.25, 0.3) is 0 Å². The first-order valence-corrected chi connectivity index (χ1v) is 6.37. The number of imide groups is 1. The van der Waals surface area contributed by atoms with E-state index in [1.807, 2.05) is 13.8 Å². The molecule has 4 nitrogen and oxygen atoms in total. The lowest BCUT2D eigenvalue weighted by atomic mass is 10.0. The van der Waals surface area contributed by atoms with Crippen molar-refractivity contribution in [2.75, 3.05) is 5.32 Å². The molecule has 2 amide bonds. The van der Waals surface area contributed by atoms with Crippen molar-refractivity contribution in [3.8, 4) is 0 Å². The first-order chi connectivity index (χ1) is 8.99. The Morgan fingerprint density at radius 2 is 2.11 bits per heavy atom. The minimum Gasteiger partial charge on any atom is -0.371 e. The highest BCUT2D eigenvalue weighted by atomic mass is 19.1. The molecule has 5 heteroatoms. The van der Waals surface area contributed by atoms with Crippen LogP contribution < -0.4 is 10.6 Å². The third-order valence-corrected chi connectivity index (χ3v) is 3.22.